The Kier molecular flexibility index (Phi) is 13.4. The fourth-order valence-corrected chi connectivity index (χ4v) is 5.53. The van der Waals surface area contributed by atoms with E-state index in [-0.39, 0.29) is 35.9 Å². The molecule has 1 aromatic heterocycles. The Morgan fingerprint density at radius 3 is 2.29 bits per heavy atom. The molecule has 10 heteroatoms. The lowest BCUT2D eigenvalue weighted by Crippen LogP contribution is -2.42. The van der Waals surface area contributed by atoms with Gasteiger partial charge in [0.05, 0.1) is 5.92 Å². The first kappa shape index (κ1) is 33.9. The number of amides is 2. The largest absolute Gasteiger partial charge is 0.481 e. The molecule has 0 fully saturated rings. The van der Waals surface area contributed by atoms with Crippen molar-refractivity contribution >= 4 is 35.1 Å². The van der Waals surface area contributed by atoms with Crippen molar-refractivity contribution in [1.82, 2.24) is 15.2 Å². The molecule has 2 amide bonds. The molecule has 2 aromatic rings. The normalized spacial score (nSPS) is 14.9. The Morgan fingerprint density at radius 2 is 1.73 bits per heavy atom. The van der Waals surface area contributed by atoms with E-state index < -0.39 is 35.9 Å². The maximum absolute atomic E-state index is 13.2. The molecule has 2 N–H and O–H groups in total. The highest BCUT2D eigenvalue weighted by Crippen LogP contribution is 2.31. The fraction of sp³-hybridized carbons (Fsp3) is 0.581. The number of nitrogens with zero attached hydrogens (tertiary/aromatic N) is 2. The number of aliphatic carboxylic acids is 1. The van der Waals surface area contributed by atoms with E-state index in [9.17, 15) is 24.3 Å². The number of ether oxygens (including phenoxy) is 1. The van der Waals surface area contributed by atoms with Crippen LogP contribution < -0.4 is 5.32 Å². The minimum Gasteiger partial charge on any atom is -0.481 e. The lowest BCUT2D eigenvalue weighted by atomic mass is 9.95. The second-order valence-electron chi connectivity index (χ2n) is 11.3. The van der Waals surface area contributed by atoms with Crippen LogP contribution in [0.15, 0.2) is 35.7 Å². The Labute approximate surface area is 247 Å². The van der Waals surface area contributed by atoms with Gasteiger partial charge in [-0.25, -0.2) is 4.98 Å². The Morgan fingerprint density at radius 1 is 1.07 bits per heavy atom. The average molecular weight is 588 g/mol. The van der Waals surface area contributed by atoms with Gasteiger partial charge in [0, 0.05) is 44.3 Å². The van der Waals surface area contributed by atoms with Crippen LogP contribution >= 0.6 is 11.3 Å². The number of thiazole rings is 1. The average Bonchev–Trinajstić information content (AvgIpc) is 3.41. The number of hydrogen-bond donors (Lipinski definition) is 2. The summed E-state index contributed by atoms with van der Waals surface area (Å²) in [6, 6.07) is 8.95. The van der Waals surface area contributed by atoms with E-state index in [1.165, 1.54) is 18.3 Å². The molecule has 226 valence electrons. The first-order valence-corrected chi connectivity index (χ1v) is 15.2. The number of carboxylic acid groups (broad SMARTS) is 1. The van der Waals surface area contributed by atoms with Gasteiger partial charge in [0.1, 0.15) is 10.7 Å². The van der Waals surface area contributed by atoms with Gasteiger partial charge < -0.3 is 20.1 Å². The number of benzene rings is 1. The van der Waals surface area contributed by atoms with Crippen molar-refractivity contribution in [1.29, 1.82) is 0 Å². The van der Waals surface area contributed by atoms with Crippen molar-refractivity contribution in [3.63, 3.8) is 0 Å². The lowest BCUT2D eigenvalue weighted by Gasteiger charge is -2.34. The zero-order chi connectivity index (χ0) is 30.7. The lowest BCUT2D eigenvalue weighted by molar-refractivity contribution is -0.148. The molecular weight excluding hydrogens is 542 g/mol. The van der Waals surface area contributed by atoms with Crippen molar-refractivity contribution < 1.29 is 29.0 Å². The minimum absolute atomic E-state index is 0.0406. The minimum atomic E-state index is -0.926. The van der Waals surface area contributed by atoms with E-state index in [1.54, 1.807) is 24.3 Å². The number of hydrogen-bond acceptors (Lipinski definition) is 7. The number of nitrogens with one attached hydrogen (secondary N) is 1. The van der Waals surface area contributed by atoms with Gasteiger partial charge in [-0.05, 0) is 30.2 Å². The van der Waals surface area contributed by atoms with Crippen LogP contribution in [0, 0.1) is 17.8 Å². The van der Waals surface area contributed by atoms with Crippen molar-refractivity contribution in [3.8, 4) is 0 Å². The Hall–Kier alpha value is -3.27. The van der Waals surface area contributed by atoms with Crippen LogP contribution in [0.2, 0.25) is 0 Å². The quantitative estimate of drug-likeness (QED) is 0.248. The van der Waals surface area contributed by atoms with Crippen LogP contribution in [0.5, 0.6) is 0 Å². The van der Waals surface area contributed by atoms with Crippen LogP contribution in [0.1, 0.15) is 94.4 Å². The molecule has 5 atom stereocenters. The molecule has 1 heterocycles. The summed E-state index contributed by atoms with van der Waals surface area (Å²) < 4.78 is 5.66. The van der Waals surface area contributed by atoms with E-state index in [0.717, 1.165) is 12.0 Å². The molecule has 0 spiro atoms. The van der Waals surface area contributed by atoms with Crippen LogP contribution in [-0.4, -0.2) is 57.9 Å². The molecule has 0 radical (unpaired) electrons. The van der Waals surface area contributed by atoms with Crippen molar-refractivity contribution in [3.05, 3.63) is 52.0 Å². The zero-order valence-electron chi connectivity index (χ0n) is 25.3. The highest BCUT2D eigenvalue weighted by molar-refractivity contribution is 7.09. The summed E-state index contributed by atoms with van der Waals surface area (Å²) in [4.78, 5) is 56.0. The predicted molar refractivity (Wildman–Crippen MR) is 160 cm³/mol. The van der Waals surface area contributed by atoms with Gasteiger partial charge in [0.15, 0.2) is 6.10 Å². The summed E-state index contributed by atoms with van der Waals surface area (Å²) in [5.74, 6) is -2.06. The first-order chi connectivity index (χ1) is 19.3. The topological polar surface area (TPSA) is 126 Å². The van der Waals surface area contributed by atoms with Crippen molar-refractivity contribution in [2.24, 2.45) is 17.8 Å². The van der Waals surface area contributed by atoms with Crippen LogP contribution in [0.4, 0.5) is 0 Å². The molecule has 0 saturated heterocycles. The third kappa shape index (κ3) is 10.9. The Balaban J connectivity index is 2.24. The van der Waals surface area contributed by atoms with Gasteiger partial charge in [0.2, 0.25) is 5.91 Å². The highest BCUT2D eigenvalue weighted by atomic mass is 32.1. The van der Waals surface area contributed by atoms with Crippen molar-refractivity contribution in [2.45, 2.75) is 91.8 Å². The Bertz CT molecular complexity index is 1150. The van der Waals surface area contributed by atoms with E-state index in [1.807, 2.05) is 51.1 Å². The molecule has 41 heavy (non-hydrogen) atoms. The maximum atomic E-state index is 13.2. The second kappa shape index (κ2) is 16.2. The number of carbonyl (C=O) groups excluding carboxylic acids is 3. The summed E-state index contributed by atoms with van der Waals surface area (Å²) >= 11 is 1.22. The second-order valence-corrected chi connectivity index (χ2v) is 12.2. The summed E-state index contributed by atoms with van der Waals surface area (Å²) in [7, 11) is 1.78. The summed E-state index contributed by atoms with van der Waals surface area (Å²) in [5, 5.41) is 14.5. The van der Waals surface area contributed by atoms with Crippen LogP contribution in [0.3, 0.4) is 0 Å². The highest BCUT2D eigenvalue weighted by Gasteiger charge is 2.31. The summed E-state index contributed by atoms with van der Waals surface area (Å²) in [5.41, 5.74) is 1.15. The molecule has 0 aliphatic carbocycles. The zero-order valence-corrected chi connectivity index (χ0v) is 26.1. The molecule has 9 nitrogen and oxygen atoms in total. The number of aromatic nitrogens is 1. The molecule has 0 bridgehead atoms. The van der Waals surface area contributed by atoms with Crippen LogP contribution in [-0.2, 0) is 25.5 Å². The standard InChI is InChI=1S/C31H45N3O6S/c1-8-20(4)14-28(36)34(7)26(19(2)3)17-27(40-22(6)35)30-33-25(18-41-30)29(37)32-24(15-21(5)31(38)39)16-23-12-10-9-11-13-23/h9-13,18-21,24,26-27H,8,14-17H2,1-7H3,(H,32,37)(H,38,39). The smallest absolute Gasteiger partial charge is 0.306 e. The maximum Gasteiger partial charge on any atom is 0.306 e. The molecule has 1 aromatic carbocycles. The molecule has 5 unspecified atom stereocenters. The van der Waals surface area contributed by atoms with E-state index in [4.69, 9.17) is 4.74 Å². The third-order valence-corrected chi connectivity index (χ3v) is 8.33. The number of carboxylic acids is 1. The van der Waals surface area contributed by atoms with Gasteiger partial charge in [-0.2, -0.15) is 0 Å². The van der Waals surface area contributed by atoms with Gasteiger partial charge in [-0.1, -0.05) is 71.4 Å². The summed E-state index contributed by atoms with van der Waals surface area (Å²) in [6.07, 6.45) is 1.72. The van der Waals surface area contributed by atoms with E-state index in [2.05, 4.69) is 17.2 Å². The number of rotatable bonds is 16. The number of carbonyl (C=O) groups is 4. The summed E-state index contributed by atoms with van der Waals surface area (Å²) in [6.45, 7) is 11.1. The third-order valence-electron chi connectivity index (χ3n) is 7.39. The van der Waals surface area contributed by atoms with Gasteiger partial charge in [-0.3, -0.25) is 19.2 Å². The fourth-order valence-electron chi connectivity index (χ4n) is 4.69. The SMILES string of the molecule is CCC(C)CC(=O)N(C)C(CC(OC(C)=O)c1nc(C(=O)NC(Cc2ccccc2)CC(C)C(=O)O)cs1)C(C)C. The van der Waals surface area contributed by atoms with Gasteiger partial charge in [0.25, 0.3) is 5.91 Å². The van der Waals surface area contributed by atoms with E-state index >= 15 is 0 Å². The van der Waals surface area contributed by atoms with Gasteiger partial charge in [-0.15, -0.1) is 11.3 Å². The number of esters is 1. The van der Waals surface area contributed by atoms with Gasteiger partial charge >= 0.3 is 11.9 Å². The molecule has 2 rings (SSSR count). The van der Waals surface area contributed by atoms with E-state index in [0.29, 0.717) is 24.3 Å². The van der Waals surface area contributed by atoms with Crippen molar-refractivity contribution in [2.75, 3.05) is 7.05 Å². The first-order valence-electron chi connectivity index (χ1n) is 14.3. The molecule has 0 aliphatic heterocycles. The predicted octanol–water partition coefficient (Wildman–Crippen LogP) is 5.51. The molecular formula is C31H45N3O6S. The van der Waals surface area contributed by atoms with Crippen LogP contribution in [0.25, 0.3) is 0 Å². The molecule has 0 aliphatic rings. The molecule has 0 saturated carbocycles. The monoisotopic (exact) mass is 587 g/mol.